The molecule has 2 aromatic carbocycles. The van der Waals surface area contributed by atoms with Gasteiger partial charge in [0, 0.05) is 11.9 Å². The summed E-state index contributed by atoms with van der Waals surface area (Å²) in [4.78, 5) is 15.8. The Bertz CT molecular complexity index is 920. The minimum Gasteiger partial charge on any atom is -0.490 e. The smallest absolute Gasteiger partial charge is 0.363 e. The molecule has 1 aliphatic heterocycles. The summed E-state index contributed by atoms with van der Waals surface area (Å²) in [5, 5.41) is 1.03. The van der Waals surface area contributed by atoms with E-state index in [9.17, 15) is 4.79 Å². The van der Waals surface area contributed by atoms with Gasteiger partial charge >= 0.3 is 5.97 Å². The first-order chi connectivity index (χ1) is 13.0. The van der Waals surface area contributed by atoms with Crippen molar-refractivity contribution in [3.05, 3.63) is 63.3 Å². The number of cyclic esters (lactones) is 1. The van der Waals surface area contributed by atoms with Crippen LogP contribution >= 0.6 is 23.2 Å². The second kappa shape index (κ2) is 8.46. The van der Waals surface area contributed by atoms with E-state index in [1.54, 1.807) is 37.3 Å². The molecular weight excluding hydrogens is 389 g/mol. The lowest BCUT2D eigenvalue weighted by Gasteiger charge is -2.14. The number of halogens is 2. The van der Waals surface area contributed by atoms with Crippen molar-refractivity contribution in [3.8, 4) is 11.5 Å². The predicted molar refractivity (Wildman–Crippen MR) is 106 cm³/mol. The summed E-state index contributed by atoms with van der Waals surface area (Å²) in [5.41, 5.74) is 1.82. The first-order valence-corrected chi connectivity index (χ1v) is 9.04. The molecule has 1 heterocycles. The largest absolute Gasteiger partial charge is 0.490 e. The number of esters is 1. The molecule has 0 radical (unpaired) electrons. The predicted octanol–water partition coefficient (Wildman–Crippen LogP) is 5.29. The van der Waals surface area contributed by atoms with Crippen LogP contribution in [0.4, 0.5) is 0 Å². The quantitative estimate of drug-likeness (QED) is 0.483. The molecule has 0 bridgehead atoms. The molecular formula is C20H17Cl2NO4. The highest BCUT2D eigenvalue weighted by Crippen LogP contribution is 2.38. The molecule has 0 spiro atoms. The van der Waals surface area contributed by atoms with Crippen LogP contribution < -0.4 is 9.47 Å². The lowest BCUT2D eigenvalue weighted by Crippen LogP contribution is -2.01. The highest BCUT2D eigenvalue weighted by molar-refractivity contribution is 6.32. The SMILES string of the molecule is CCOc1cc(/C=C2/N=C(C)OC2=O)cc(Cl)c1OCc1ccc(Cl)cc1. The van der Waals surface area contributed by atoms with Crippen LogP contribution in [-0.4, -0.2) is 18.5 Å². The summed E-state index contributed by atoms with van der Waals surface area (Å²) < 4.78 is 16.5. The van der Waals surface area contributed by atoms with Gasteiger partial charge in [0.2, 0.25) is 0 Å². The fourth-order valence-electron chi connectivity index (χ4n) is 2.48. The number of hydrogen-bond acceptors (Lipinski definition) is 5. The molecule has 0 saturated carbocycles. The van der Waals surface area contributed by atoms with Gasteiger partial charge in [-0.1, -0.05) is 35.3 Å². The number of rotatable bonds is 6. The topological polar surface area (TPSA) is 57.1 Å². The molecule has 0 saturated heterocycles. The van der Waals surface area contributed by atoms with Crippen LogP contribution in [0.3, 0.4) is 0 Å². The van der Waals surface area contributed by atoms with E-state index in [4.69, 9.17) is 37.4 Å². The van der Waals surface area contributed by atoms with E-state index in [1.807, 2.05) is 19.1 Å². The Hall–Kier alpha value is -2.50. The van der Waals surface area contributed by atoms with Crippen molar-refractivity contribution in [1.29, 1.82) is 0 Å². The zero-order valence-corrected chi connectivity index (χ0v) is 16.3. The van der Waals surface area contributed by atoms with Gasteiger partial charge in [-0.3, -0.25) is 0 Å². The molecule has 5 nitrogen and oxygen atoms in total. The van der Waals surface area contributed by atoms with Gasteiger partial charge < -0.3 is 14.2 Å². The third kappa shape index (κ3) is 4.81. The maximum atomic E-state index is 11.7. The maximum Gasteiger partial charge on any atom is 0.363 e. The van der Waals surface area contributed by atoms with Gasteiger partial charge in [0.25, 0.3) is 0 Å². The highest BCUT2D eigenvalue weighted by atomic mass is 35.5. The Morgan fingerprint density at radius 3 is 2.52 bits per heavy atom. The molecule has 0 N–H and O–H groups in total. The molecule has 1 aliphatic rings. The number of carbonyl (C=O) groups excluding carboxylic acids is 1. The van der Waals surface area contributed by atoms with Crippen LogP contribution in [0.5, 0.6) is 11.5 Å². The second-order valence-electron chi connectivity index (χ2n) is 5.73. The summed E-state index contributed by atoms with van der Waals surface area (Å²) in [7, 11) is 0. The average Bonchev–Trinajstić information content (AvgIpc) is 2.93. The van der Waals surface area contributed by atoms with Gasteiger partial charge in [0.05, 0.1) is 11.6 Å². The van der Waals surface area contributed by atoms with E-state index in [-0.39, 0.29) is 5.70 Å². The van der Waals surface area contributed by atoms with E-state index in [0.717, 1.165) is 5.56 Å². The summed E-state index contributed by atoms with van der Waals surface area (Å²) in [5.74, 6) is 0.733. The Morgan fingerprint density at radius 2 is 1.89 bits per heavy atom. The maximum absolute atomic E-state index is 11.7. The third-order valence-electron chi connectivity index (χ3n) is 3.66. The summed E-state index contributed by atoms with van der Waals surface area (Å²) in [6, 6.07) is 10.8. The van der Waals surface area contributed by atoms with Crippen molar-refractivity contribution in [2.75, 3.05) is 6.61 Å². The molecule has 3 rings (SSSR count). The van der Waals surface area contributed by atoms with Crippen molar-refractivity contribution in [1.82, 2.24) is 0 Å². The molecule has 0 fully saturated rings. The number of benzene rings is 2. The van der Waals surface area contributed by atoms with Gasteiger partial charge in [0.1, 0.15) is 6.61 Å². The second-order valence-corrected chi connectivity index (χ2v) is 6.57. The fourth-order valence-corrected chi connectivity index (χ4v) is 2.88. The van der Waals surface area contributed by atoms with Gasteiger partial charge in [-0.15, -0.1) is 0 Å². The minimum absolute atomic E-state index is 0.209. The molecule has 0 amide bonds. The molecule has 7 heteroatoms. The van der Waals surface area contributed by atoms with Crippen molar-refractivity contribution >= 4 is 41.1 Å². The number of carbonyl (C=O) groups is 1. The standard InChI is InChI=1S/C20H17Cl2NO4/c1-3-25-18-10-14(9-17-20(24)27-12(2)23-17)8-16(22)19(18)26-11-13-4-6-15(21)7-5-13/h4-10H,3,11H2,1-2H3/b17-9+. The Balaban J connectivity index is 1.87. The van der Waals surface area contributed by atoms with E-state index in [1.165, 1.54) is 0 Å². The zero-order chi connectivity index (χ0) is 19.4. The molecule has 0 atom stereocenters. The van der Waals surface area contributed by atoms with Crippen LogP contribution in [0, 0.1) is 0 Å². The summed E-state index contributed by atoms with van der Waals surface area (Å²) in [6.07, 6.45) is 1.59. The van der Waals surface area contributed by atoms with Crippen LogP contribution in [-0.2, 0) is 16.1 Å². The monoisotopic (exact) mass is 405 g/mol. The van der Waals surface area contributed by atoms with E-state index in [2.05, 4.69) is 4.99 Å². The van der Waals surface area contributed by atoms with Crippen LogP contribution in [0.15, 0.2) is 47.1 Å². The summed E-state index contributed by atoms with van der Waals surface area (Å²) >= 11 is 12.3. The molecule has 2 aromatic rings. The molecule has 140 valence electrons. The fraction of sp³-hybridized carbons (Fsp3) is 0.200. The third-order valence-corrected chi connectivity index (χ3v) is 4.19. The zero-order valence-electron chi connectivity index (χ0n) is 14.8. The summed E-state index contributed by atoms with van der Waals surface area (Å²) in [6.45, 7) is 4.23. The molecule has 27 heavy (non-hydrogen) atoms. The molecule has 0 aliphatic carbocycles. The van der Waals surface area contributed by atoms with Gasteiger partial charge in [0.15, 0.2) is 23.1 Å². The molecule has 0 unspecified atom stereocenters. The normalized spacial score (nSPS) is 14.9. The van der Waals surface area contributed by atoms with Gasteiger partial charge in [-0.25, -0.2) is 9.79 Å². The van der Waals surface area contributed by atoms with Crippen molar-refractivity contribution in [3.63, 3.8) is 0 Å². The average molecular weight is 406 g/mol. The minimum atomic E-state index is -0.496. The van der Waals surface area contributed by atoms with Crippen molar-refractivity contribution < 1.29 is 19.0 Å². The Kier molecular flexibility index (Phi) is 6.04. The first-order valence-electron chi connectivity index (χ1n) is 8.29. The number of ether oxygens (including phenoxy) is 3. The number of nitrogens with zero attached hydrogens (tertiary/aromatic N) is 1. The van der Waals surface area contributed by atoms with Gasteiger partial charge in [-0.05, 0) is 48.4 Å². The first kappa shape index (κ1) is 19.3. The van der Waals surface area contributed by atoms with E-state index >= 15 is 0 Å². The highest BCUT2D eigenvalue weighted by Gasteiger charge is 2.20. The number of hydrogen-bond donors (Lipinski definition) is 0. The van der Waals surface area contributed by atoms with Crippen molar-refractivity contribution in [2.24, 2.45) is 4.99 Å². The Morgan fingerprint density at radius 1 is 1.15 bits per heavy atom. The molecule has 0 aromatic heterocycles. The van der Waals surface area contributed by atoms with Crippen LogP contribution in [0.2, 0.25) is 10.0 Å². The van der Waals surface area contributed by atoms with Crippen LogP contribution in [0.25, 0.3) is 6.08 Å². The van der Waals surface area contributed by atoms with Crippen LogP contribution in [0.1, 0.15) is 25.0 Å². The van der Waals surface area contributed by atoms with E-state index in [0.29, 0.717) is 46.2 Å². The number of aliphatic imine (C=N–C) groups is 1. The Labute approximate surface area is 167 Å². The van der Waals surface area contributed by atoms with E-state index < -0.39 is 5.97 Å². The van der Waals surface area contributed by atoms with Gasteiger partial charge in [-0.2, -0.15) is 0 Å². The lowest BCUT2D eigenvalue weighted by molar-refractivity contribution is -0.130. The lowest BCUT2D eigenvalue weighted by atomic mass is 10.1. The van der Waals surface area contributed by atoms with Crippen molar-refractivity contribution in [2.45, 2.75) is 20.5 Å².